The topological polar surface area (TPSA) is 92.7 Å². The van der Waals surface area contributed by atoms with Crippen LogP contribution in [0.25, 0.3) is 0 Å². The van der Waals surface area contributed by atoms with Gasteiger partial charge in [-0.3, -0.25) is 4.79 Å². The molecular weight excluding hydrogens is 334 g/mol. The normalized spacial score (nSPS) is 10.2. The number of carboxylic acid groups (broad SMARTS) is 1. The number of ether oxygens (including phenoxy) is 1. The van der Waals surface area contributed by atoms with Crippen molar-refractivity contribution < 1.29 is 24.2 Å². The fraction of sp³-hybridized carbons (Fsp3) is 0.250. The number of hydrogen-bond donors (Lipinski definition) is 2. The molecule has 6 heteroatoms. The highest BCUT2D eigenvalue weighted by atomic mass is 16.5. The van der Waals surface area contributed by atoms with Crippen LogP contribution in [-0.2, 0) is 16.0 Å². The van der Waals surface area contributed by atoms with Gasteiger partial charge in [0.05, 0.1) is 24.2 Å². The Morgan fingerprint density at radius 2 is 1.73 bits per heavy atom. The Hall–Kier alpha value is -3.15. The number of carboxylic acids is 1. The first-order valence-electron chi connectivity index (χ1n) is 8.39. The molecule has 6 nitrogen and oxygen atoms in total. The number of carbonyl (C=O) groups excluding carboxylic acids is 2. The maximum atomic E-state index is 12.2. The minimum absolute atomic E-state index is 0.0523. The maximum Gasteiger partial charge on any atom is 0.338 e. The predicted molar refractivity (Wildman–Crippen MR) is 97.4 cm³/mol. The van der Waals surface area contributed by atoms with Crippen molar-refractivity contribution in [3.8, 4) is 0 Å². The number of hydrogen-bond acceptors (Lipinski definition) is 4. The minimum atomic E-state index is -1.07. The number of esters is 1. The molecule has 1 amide bonds. The molecule has 136 valence electrons. The third-order valence-electron chi connectivity index (χ3n) is 3.73. The lowest BCUT2D eigenvalue weighted by Crippen LogP contribution is -2.16. The number of benzene rings is 2. The second kappa shape index (κ2) is 9.36. The average molecular weight is 355 g/mol. The molecule has 2 aromatic carbocycles. The van der Waals surface area contributed by atoms with E-state index in [1.807, 2.05) is 6.92 Å². The van der Waals surface area contributed by atoms with Crippen LogP contribution in [0.5, 0.6) is 0 Å². The first kappa shape index (κ1) is 19.2. The number of unbranched alkanes of at least 4 members (excludes halogenated alkanes) is 1. The third-order valence-corrected chi connectivity index (χ3v) is 3.73. The molecule has 0 heterocycles. The van der Waals surface area contributed by atoms with Gasteiger partial charge in [0.15, 0.2) is 0 Å². The first-order valence-corrected chi connectivity index (χ1v) is 8.39. The molecule has 0 aliphatic rings. The van der Waals surface area contributed by atoms with E-state index in [0.29, 0.717) is 23.4 Å². The summed E-state index contributed by atoms with van der Waals surface area (Å²) in [6.45, 7) is 2.40. The lowest BCUT2D eigenvalue weighted by molar-refractivity contribution is -0.115. The van der Waals surface area contributed by atoms with Crippen molar-refractivity contribution in [2.45, 2.75) is 26.2 Å². The van der Waals surface area contributed by atoms with Crippen LogP contribution in [0.4, 0.5) is 5.69 Å². The second-order valence-corrected chi connectivity index (χ2v) is 5.75. The molecule has 0 spiro atoms. The largest absolute Gasteiger partial charge is 0.478 e. The van der Waals surface area contributed by atoms with Crippen LogP contribution in [-0.4, -0.2) is 29.6 Å². The van der Waals surface area contributed by atoms with Crippen molar-refractivity contribution in [3.05, 3.63) is 65.2 Å². The molecular formula is C20H21NO5. The van der Waals surface area contributed by atoms with Gasteiger partial charge in [-0.25, -0.2) is 9.59 Å². The van der Waals surface area contributed by atoms with Gasteiger partial charge in [-0.1, -0.05) is 31.5 Å². The Morgan fingerprint density at radius 3 is 2.38 bits per heavy atom. The van der Waals surface area contributed by atoms with Crippen LogP contribution >= 0.6 is 0 Å². The van der Waals surface area contributed by atoms with E-state index in [4.69, 9.17) is 9.84 Å². The van der Waals surface area contributed by atoms with Gasteiger partial charge >= 0.3 is 11.9 Å². The van der Waals surface area contributed by atoms with Crippen molar-refractivity contribution in [3.63, 3.8) is 0 Å². The highest BCUT2D eigenvalue weighted by Gasteiger charge is 2.13. The van der Waals surface area contributed by atoms with Crippen molar-refractivity contribution in [2.75, 3.05) is 11.9 Å². The Bertz CT molecular complexity index is 783. The van der Waals surface area contributed by atoms with Crippen LogP contribution in [0, 0.1) is 0 Å². The van der Waals surface area contributed by atoms with Crippen LogP contribution in [0.1, 0.15) is 46.0 Å². The summed E-state index contributed by atoms with van der Waals surface area (Å²) in [5, 5.41) is 11.8. The van der Waals surface area contributed by atoms with Crippen molar-refractivity contribution in [1.29, 1.82) is 0 Å². The summed E-state index contributed by atoms with van der Waals surface area (Å²) >= 11 is 0. The number of rotatable bonds is 8. The SMILES string of the molecule is CCCCOC(=O)c1ccc(NC(=O)Cc2ccccc2C(=O)O)cc1. The van der Waals surface area contributed by atoms with Gasteiger partial charge in [-0.15, -0.1) is 0 Å². The number of nitrogens with one attached hydrogen (secondary N) is 1. The van der Waals surface area contributed by atoms with Gasteiger partial charge in [0.1, 0.15) is 0 Å². The van der Waals surface area contributed by atoms with E-state index in [0.717, 1.165) is 12.8 Å². The molecule has 0 saturated carbocycles. The molecule has 0 aliphatic heterocycles. The molecule has 0 unspecified atom stereocenters. The van der Waals surface area contributed by atoms with E-state index in [9.17, 15) is 14.4 Å². The molecule has 0 radical (unpaired) electrons. The highest BCUT2D eigenvalue weighted by Crippen LogP contribution is 2.14. The van der Waals surface area contributed by atoms with Crippen molar-refractivity contribution >= 4 is 23.5 Å². The standard InChI is InChI=1S/C20H21NO5/c1-2-3-12-26-20(25)14-8-10-16(11-9-14)21-18(22)13-15-6-4-5-7-17(15)19(23)24/h4-11H,2-3,12-13H2,1H3,(H,21,22)(H,23,24). The average Bonchev–Trinajstić information content (AvgIpc) is 2.62. The lowest BCUT2D eigenvalue weighted by atomic mass is 10.0. The van der Waals surface area contributed by atoms with Crippen LogP contribution in [0.15, 0.2) is 48.5 Å². The Kier molecular flexibility index (Phi) is 6.91. The number of carbonyl (C=O) groups is 3. The summed E-state index contributed by atoms with van der Waals surface area (Å²) in [5.74, 6) is -1.80. The smallest absolute Gasteiger partial charge is 0.338 e. The zero-order chi connectivity index (χ0) is 18.9. The van der Waals surface area contributed by atoms with E-state index in [1.54, 1.807) is 42.5 Å². The van der Waals surface area contributed by atoms with E-state index >= 15 is 0 Å². The summed E-state index contributed by atoms with van der Waals surface area (Å²) in [6, 6.07) is 12.7. The van der Waals surface area contributed by atoms with Crippen molar-refractivity contribution in [2.24, 2.45) is 0 Å². The zero-order valence-corrected chi connectivity index (χ0v) is 14.5. The Labute approximate surface area is 151 Å². The fourth-order valence-electron chi connectivity index (χ4n) is 2.34. The van der Waals surface area contributed by atoms with Gasteiger partial charge in [-0.2, -0.15) is 0 Å². The van der Waals surface area contributed by atoms with Crippen LogP contribution < -0.4 is 5.32 Å². The molecule has 0 fully saturated rings. The number of aromatic carboxylic acids is 1. The van der Waals surface area contributed by atoms with Crippen LogP contribution in [0.2, 0.25) is 0 Å². The van der Waals surface area contributed by atoms with E-state index < -0.39 is 11.9 Å². The molecule has 2 N–H and O–H groups in total. The molecule has 2 aromatic rings. The highest BCUT2D eigenvalue weighted by molar-refractivity contribution is 5.96. The quantitative estimate of drug-likeness (QED) is 0.558. The maximum absolute atomic E-state index is 12.2. The summed E-state index contributed by atoms with van der Waals surface area (Å²) in [6.07, 6.45) is 1.71. The van der Waals surface area contributed by atoms with Crippen molar-refractivity contribution in [1.82, 2.24) is 0 Å². The molecule has 0 saturated heterocycles. The molecule has 0 aromatic heterocycles. The zero-order valence-electron chi connectivity index (χ0n) is 14.5. The predicted octanol–water partition coefficient (Wildman–Crippen LogP) is 3.52. The minimum Gasteiger partial charge on any atom is -0.478 e. The third kappa shape index (κ3) is 5.44. The molecule has 2 rings (SSSR count). The van der Waals surface area contributed by atoms with Gasteiger partial charge in [0.25, 0.3) is 0 Å². The molecule has 0 bridgehead atoms. The molecule has 26 heavy (non-hydrogen) atoms. The molecule has 0 aliphatic carbocycles. The number of anilines is 1. The molecule has 0 atom stereocenters. The second-order valence-electron chi connectivity index (χ2n) is 5.75. The van der Waals surface area contributed by atoms with E-state index in [-0.39, 0.29) is 17.9 Å². The van der Waals surface area contributed by atoms with Gasteiger partial charge in [-0.05, 0) is 42.3 Å². The number of amides is 1. The lowest BCUT2D eigenvalue weighted by Gasteiger charge is -2.08. The Balaban J connectivity index is 1.95. The Morgan fingerprint density at radius 1 is 1.04 bits per heavy atom. The van der Waals surface area contributed by atoms with Gasteiger partial charge in [0, 0.05) is 5.69 Å². The van der Waals surface area contributed by atoms with E-state index in [2.05, 4.69) is 5.32 Å². The fourth-order valence-corrected chi connectivity index (χ4v) is 2.34. The first-order chi connectivity index (χ1) is 12.5. The monoisotopic (exact) mass is 355 g/mol. The summed E-state index contributed by atoms with van der Waals surface area (Å²) in [4.78, 5) is 35.2. The summed E-state index contributed by atoms with van der Waals surface area (Å²) < 4.78 is 5.12. The van der Waals surface area contributed by atoms with Gasteiger partial charge in [0.2, 0.25) is 5.91 Å². The van der Waals surface area contributed by atoms with Crippen LogP contribution in [0.3, 0.4) is 0 Å². The summed E-state index contributed by atoms with van der Waals surface area (Å²) in [7, 11) is 0. The summed E-state index contributed by atoms with van der Waals surface area (Å²) in [5.41, 5.74) is 1.48. The van der Waals surface area contributed by atoms with E-state index in [1.165, 1.54) is 6.07 Å². The van der Waals surface area contributed by atoms with Gasteiger partial charge < -0.3 is 15.2 Å².